The number of hydrogen-bond acceptors (Lipinski definition) is 4. The van der Waals surface area contributed by atoms with Crippen molar-refractivity contribution in [1.82, 2.24) is 0 Å². The van der Waals surface area contributed by atoms with Crippen LogP contribution in [0.4, 0.5) is 5.69 Å². The molecular weight excluding hydrogens is 208 g/mol. The van der Waals surface area contributed by atoms with Gasteiger partial charge in [0.15, 0.2) is 0 Å². The summed E-state index contributed by atoms with van der Waals surface area (Å²) in [6, 6.07) is 8.04. The van der Waals surface area contributed by atoms with E-state index < -0.39 is 0 Å². The summed E-state index contributed by atoms with van der Waals surface area (Å²) in [6.45, 7) is 3.21. The Morgan fingerprint density at radius 3 is 2.53 bits per heavy atom. The monoisotopic (exact) mass is 224 g/mol. The summed E-state index contributed by atoms with van der Waals surface area (Å²) in [6.07, 6.45) is 0. The van der Waals surface area contributed by atoms with Crippen LogP contribution >= 0.6 is 11.8 Å². The predicted octanol–water partition coefficient (Wildman–Crippen LogP) is 1.88. The highest BCUT2D eigenvalue weighted by atomic mass is 32.2. The Balaban J connectivity index is 2.15. The average molecular weight is 224 g/mol. The molecule has 1 aliphatic heterocycles. The highest BCUT2D eigenvalue weighted by molar-refractivity contribution is 8.00. The minimum atomic E-state index is 0.0772. The first-order valence-electron chi connectivity index (χ1n) is 5.02. The van der Waals surface area contributed by atoms with Crippen molar-refractivity contribution in [3.63, 3.8) is 0 Å². The topological polar surface area (TPSA) is 38.5 Å². The molecule has 0 aromatic heterocycles. The van der Waals surface area contributed by atoms with Gasteiger partial charge in [0.05, 0.1) is 7.11 Å². The zero-order valence-electron chi connectivity index (χ0n) is 9.01. The summed E-state index contributed by atoms with van der Waals surface area (Å²) < 4.78 is 5.12. The molecule has 1 fully saturated rings. The van der Waals surface area contributed by atoms with Gasteiger partial charge >= 0.3 is 0 Å². The van der Waals surface area contributed by atoms with Crippen molar-refractivity contribution in [2.45, 2.75) is 17.7 Å². The zero-order valence-corrected chi connectivity index (χ0v) is 9.83. The van der Waals surface area contributed by atoms with Crippen molar-refractivity contribution < 1.29 is 4.74 Å². The third-order valence-electron chi connectivity index (χ3n) is 2.54. The van der Waals surface area contributed by atoms with Crippen LogP contribution in [0.2, 0.25) is 0 Å². The van der Waals surface area contributed by atoms with Gasteiger partial charge in [-0.25, -0.2) is 0 Å². The van der Waals surface area contributed by atoms with Crippen LogP contribution in [-0.4, -0.2) is 24.4 Å². The molecule has 0 radical (unpaired) electrons. The van der Waals surface area contributed by atoms with Crippen LogP contribution in [0.25, 0.3) is 0 Å². The summed E-state index contributed by atoms with van der Waals surface area (Å²) in [7, 11) is 1.68. The number of ether oxygens (including phenoxy) is 1. The molecule has 1 saturated heterocycles. The Hall–Kier alpha value is -0.870. The number of methoxy groups -OCH3 is 1. The van der Waals surface area contributed by atoms with Crippen LogP contribution in [0.15, 0.2) is 24.3 Å². The molecule has 0 spiro atoms. The number of hydrogen-bond donors (Lipinski definition) is 1. The van der Waals surface area contributed by atoms with Crippen molar-refractivity contribution in [2.75, 3.05) is 18.6 Å². The fraction of sp³-hybridized carbons (Fsp3) is 0.455. The molecule has 1 heterocycles. The third-order valence-corrected chi connectivity index (χ3v) is 3.68. The maximum absolute atomic E-state index is 6.03. The second-order valence-corrected chi connectivity index (χ2v) is 5.25. The lowest BCUT2D eigenvalue weighted by Crippen LogP contribution is -2.34. The number of nitrogens with zero attached hydrogens (tertiary/aromatic N) is 1. The average Bonchev–Trinajstić information content (AvgIpc) is 2.58. The number of benzene rings is 1. The van der Waals surface area contributed by atoms with Gasteiger partial charge < -0.3 is 15.4 Å². The van der Waals surface area contributed by atoms with Gasteiger partial charge in [-0.3, -0.25) is 0 Å². The van der Waals surface area contributed by atoms with Crippen molar-refractivity contribution in [1.29, 1.82) is 0 Å². The Labute approximate surface area is 94.6 Å². The Kier molecular flexibility index (Phi) is 3.07. The summed E-state index contributed by atoms with van der Waals surface area (Å²) in [4.78, 5) is 2.22. The van der Waals surface area contributed by atoms with Gasteiger partial charge in [-0.15, -0.1) is 11.8 Å². The predicted molar refractivity (Wildman–Crippen MR) is 65.4 cm³/mol. The van der Waals surface area contributed by atoms with Crippen molar-refractivity contribution in [3.8, 4) is 5.75 Å². The lowest BCUT2D eigenvalue weighted by Gasteiger charge is -2.22. The van der Waals surface area contributed by atoms with Crippen molar-refractivity contribution >= 4 is 17.4 Å². The molecule has 2 unspecified atom stereocenters. The van der Waals surface area contributed by atoms with E-state index in [0.717, 1.165) is 12.3 Å². The first kappa shape index (κ1) is 10.6. The minimum absolute atomic E-state index is 0.0772. The summed E-state index contributed by atoms with van der Waals surface area (Å²) in [5.74, 6) is 0.882. The van der Waals surface area contributed by atoms with Gasteiger partial charge in [0, 0.05) is 17.5 Å². The number of thioether (sulfide) groups is 1. The molecule has 1 aromatic rings. The lowest BCUT2D eigenvalue weighted by atomic mass is 10.2. The van der Waals surface area contributed by atoms with E-state index in [2.05, 4.69) is 24.0 Å². The Morgan fingerprint density at radius 2 is 2.07 bits per heavy atom. The number of nitrogens with two attached hydrogens (primary N) is 1. The number of anilines is 1. The maximum Gasteiger partial charge on any atom is 0.126 e. The standard InChI is InChI=1S/C11H16N2OS/c1-8-7-13(11(12)15-8)9-3-5-10(14-2)6-4-9/h3-6,8,11H,7,12H2,1-2H3. The lowest BCUT2D eigenvalue weighted by molar-refractivity contribution is 0.415. The minimum Gasteiger partial charge on any atom is -0.497 e. The molecule has 1 aromatic carbocycles. The number of rotatable bonds is 2. The largest absolute Gasteiger partial charge is 0.497 e. The molecular formula is C11H16N2OS. The second kappa shape index (κ2) is 4.33. The van der Waals surface area contributed by atoms with E-state index in [1.807, 2.05) is 12.1 Å². The van der Waals surface area contributed by atoms with Crippen LogP contribution in [0.3, 0.4) is 0 Å². The van der Waals surface area contributed by atoms with Crippen molar-refractivity contribution in [3.05, 3.63) is 24.3 Å². The van der Waals surface area contributed by atoms with Crippen LogP contribution in [0, 0.1) is 0 Å². The van der Waals surface area contributed by atoms with Crippen LogP contribution in [-0.2, 0) is 0 Å². The van der Waals surface area contributed by atoms with E-state index in [-0.39, 0.29) is 5.50 Å². The van der Waals surface area contributed by atoms with Gasteiger partial charge in [-0.05, 0) is 24.3 Å². The fourth-order valence-corrected chi connectivity index (χ4v) is 2.84. The zero-order chi connectivity index (χ0) is 10.8. The van der Waals surface area contributed by atoms with Gasteiger partial charge in [-0.2, -0.15) is 0 Å². The molecule has 0 amide bonds. The van der Waals surface area contributed by atoms with Gasteiger partial charge in [0.1, 0.15) is 11.2 Å². The van der Waals surface area contributed by atoms with E-state index in [1.54, 1.807) is 18.9 Å². The molecule has 1 aliphatic rings. The molecule has 82 valence electrons. The van der Waals surface area contributed by atoms with E-state index in [4.69, 9.17) is 10.5 Å². The van der Waals surface area contributed by atoms with Crippen molar-refractivity contribution in [2.24, 2.45) is 5.73 Å². The Bertz CT molecular complexity index is 328. The smallest absolute Gasteiger partial charge is 0.126 e. The molecule has 0 aliphatic carbocycles. The molecule has 2 atom stereocenters. The van der Waals surface area contributed by atoms with Crippen LogP contribution < -0.4 is 15.4 Å². The van der Waals surface area contributed by atoms with Gasteiger partial charge in [-0.1, -0.05) is 6.92 Å². The van der Waals surface area contributed by atoms with Crippen LogP contribution in [0.1, 0.15) is 6.92 Å². The molecule has 2 N–H and O–H groups in total. The highest BCUT2D eigenvalue weighted by Gasteiger charge is 2.27. The molecule has 15 heavy (non-hydrogen) atoms. The maximum atomic E-state index is 6.03. The summed E-state index contributed by atoms with van der Waals surface area (Å²) >= 11 is 1.81. The molecule has 2 rings (SSSR count). The molecule has 4 heteroatoms. The summed E-state index contributed by atoms with van der Waals surface area (Å²) in [5, 5.41) is 0.599. The normalized spacial score (nSPS) is 25.7. The Morgan fingerprint density at radius 1 is 1.40 bits per heavy atom. The molecule has 0 saturated carbocycles. The van der Waals surface area contributed by atoms with Gasteiger partial charge in [0.2, 0.25) is 0 Å². The molecule has 3 nitrogen and oxygen atoms in total. The first-order valence-corrected chi connectivity index (χ1v) is 5.96. The van der Waals surface area contributed by atoms with E-state index in [9.17, 15) is 0 Å². The second-order valence-electron chi connectivity index (χ2n) is 3.69. The molecule has 0 bridgehead atoms. The quantitative estimate of drug-likeness (QED) is 0.832. The van der Waals surface area contributed by atoms with Crippen LogP contribution in [0.5, 0.6) is 5.75 Å². The highest BCUT2D eigenvalue weighted by Crippen LogP contribution is 2.32. The summed E-state index contributed by atoms with van der Waals surface area (Å²) in [5.41, 5.74) is 7.27. The fourth-order valence-electron chi connectivity index (χ4n) is 1.76. The van der Waals surface area contributed by atoms with E-state index in [0.29, 0.717) is 5.25 Å². The van der Waals surface area contributed by atoms with Gasteiger partial charge in [0.25, 0.3) is 0 Å². The first-order chi connectivity index (χ1) is 7.20. The van der Waals surface area contributed by atoms with E-state index in [1.165, 1.54) is 5.69 Å². The SMILES string of the molecule is COc1ccc(N2CC(C)SC2N)cc1. The van der Waals surface area contributed by atoms with E-state index >= 15 is 0 Å². The third kappa shape index (κ3) is 2.21.